The number of nitrogens with one attached hydrogen (secondary N) is 1. The van der Waals surface area contributed by atoms with Crippen molar-refractivity contribution in [3.05, 3.63) is 11.6 Å². The number of likely N-dealkylation sites (N-methyl/N-ethyl adjacent to an activating group) is 1. The van der Waals surface area contributed by atoms with Crippen LogP contribution in [0, 0.1) is 5.92 Å². The average molecular weight is 382 g/mol. The van der Waals surface area contributed by atoms with Gasteiger partial charge in [0.2, 0.25) is 5.78 Å². The second-order valence-electron chi connectivity index (χ2n) is 8.17. The molecule has 6 atom stereocenters. The van der Waals surface area contributed by atoms with E-state index in [2.05, 4.69) is 0 Å². The fourth-order valence-corrected chi connectivity index (χ4v) is 3.62. The van der Waals surface area contributed by atoms with Crippen LogP contribution >= 0.6 is 0 Å². The Bertz CT molecular complexity index is 686. The van der Waals surface area contributed by atoms with Crippen LogP contribution in [-0.2, 0) is 28.6 Å². The summed E-state index contributed by atoms with van der Waals surface area (Å²) < 4.78 is 16.4. The van der Waals surface area contributed by atoms with Crippen molar-refractivity contribution < 1.29 is 38.6 Å². The molecule has 2 bridgehead atoms. The standard InChI is InChI=1S/C19H27NO7/c1-11-9-19(12(2)27-19)17(23)26-14-6-8-20(4)7-5-13(15(14)21)10-25-16(22)18(11,3)24/h5,11-12,14,24H,6-10H2,1-4H3/p+1/b13-5-/t11-,12+,14-,18-,19+/m1/s1. The van der Waals surface area contributed by atoms with E-state index in [9.17, 15) is 19.5 Å². The van der Waals surface area contributed by atoms with Crippen molar-refractivity contribution in [3.8, 4) is 0 Å². The number of aliphatic hydroxyl groups is 1. The highest BCUT2D eigenvalue weighted by atomic mass is 16.7. The third-order valence-corrected chi connectivity index (χ3v) is 6.06. The van der Waals surface area contributed by atoms with Gasteiger partial charge in [-0.2, -0.15) is 0 Å². The van der Waals surface area contributed by atoms with E-state index in [1.54, 1.807) is 19.9 Å². The Morgan fingerprint density at radius 1 is 1.22 bits per heavy atom. The first-order valence-electron chi connectivity index (χ1n) is 9.41. The predicted octanol–water partition coefficient (Wildman–Crippen LogP) is -1.20. The molecule has 0 aromatic carbocycles. The predicted molar refractivity (Wildman–Crippen MR) is 92.8 cm³/mol. The molecule has 8 nitrogen and oxygen atoms in total. The second kappa shape index (κ2) is 7.00. The van der Waals surface area contributed by atoms with Gasteiger partial charge >= 0.3 is 11.9 Å². The molecule has 2 fully saturated rings. The Morgan fingerprint density at radius 3 is 2.52 bits per heavy atom. The molecule has 150 valence electrons. The number of esters is 2. The Labute approximate surface area is 158 Å². The largest absolute Gasteiger partial charge is 0.459 e. The molecule has 3 rings (SSSR count). The van der Waals surface area contributed by atoms with Gasteiger partial charge in [0.25, 0.3) is 0 Å². The fourth-order valence-electron chi connectivity index (χ4n) is 3.62. The number of Topliss-reactive ketones (excluding diaryl/α,β-unsaturated/α-hetero) is 1. The number of quaternary nitrogens is 1. The molecule has 0 aromatic rings. The molecule has 27 heavy (non-hydrogen) atoms. The van der Waals surface area contributed by atoms with Crippen LogP contribution in [0.15, 0.2) is 11.6 Å². The Hall–Kier alpha value is -1.77. The normalized spacial score (nSPS) is 45.4. The Kier molecular flexibility index (Phi) is 5.18. The molecule has 0 aromatic heterocycles. The molecule has 1 spiro atoms. The minimum atomic E-state index is -1.81. The van der Waals surface area contributed by atoms with E-state index in [-0.39, 0.29) is 24.4 Å². The fraction of sp³-hybridized carbons (Fsp3) is 0.737. The van der Waals surface area contributed by atoms with E-state index < -0.39 is 41.3 Å². The second-order valence-corrected chi connectivity index (χ2v) is 8.17. The number of ketones is 1. The van der Waals surface area contributed by atoms with Gasteiger partial charge in [0.1, 0.15) is 6.61 Å². The lowest BCUT2D eigenvalue weighted by Gasteiger charge is -2.31. The maximum absolute atomic E-state index is 12.9. The number of carbonyl (C=O) groups is 3. The number of rotatable bonds is 0. The molecule has 1 unspecified atom stereocenters. The number of carbonyl (C=O) groups excluding carboxylic acids is 3. The maximum atomic E-state index is 12.9. The summed E-state index contributed by atoms with van der Waals surface area (Å²) in [7, 11) is 1.97. The first kappa shape index (κ1) is 20.0. The van der Waals surface area contributed by atoms with E-state index >= 15 is 0 Å². The van der Waals surface area contributed by atoms with Crippen molar-refractivity contribution in [1.29, 1.82) is 0 Å². The van der Waals surface area contributed by atoms with Gasteiger partial charge in [0.15, 0.2) is 17.3 Å². The van der Waals surface area contributed by atoms with Gasteiger partial charge in [0, 0.05) is 12.0 Å². The van der Waals surface area contributed by atoms with E-state index in [1.807, 2.05) is 7.05 Å². The zero-order chi connectivity index (χ0) is 20.0. The molecule has 3 aliphatic heterocycles. The summed E-state index contributed by atoms with van der Waals surface area (Å²) in [6, 6.07) is 0. The van der Waals surface area contributed by atoms with Crippen molar-refractivity contribution in [2.75, 3.05) is 26.7 Å². The molecule has 0 aliphatic carbocycles. The minimum absolute atomic E-state index is 0.101. The zero-order valence-corrected chi connectivity index (χ0v) is 16.2. The molecule has 0 saturated carbocycles. The molecular formula is C19H28NO7+. The highest BCUT2D eigenvalue weighted by Crippen LogP contribution is 2.45. The summed E-state index contributed by atoms with van der Waals surface area (Å²) in [6.07, 6.45) is 0.861. The summed E-state index contributed by atoms with van der Waals surface area (Å²) in [5.74, 6) is -2.39. The van der Waals surface area contributed by atoms with Crippen molar-refractivity contribution in [3.63, 3.8) is 0 Å². The van der Waals surface area contributed by atoms with E-state index in [1.165, 1.54) is 6.92 Å². The molecule has 2 N–H and O–H groups in total. The molecule has 3 aliphatic rings. The molecular weight excluding hydrogens is 354 g/mol. The maximum Gasteiger partial charge on any atom is 0.341 e. The minimum Gasteiger partial charge on any atom is -0.459 e. The van der Waals surface area contributed by atoms with Crippen LogP contribution in [0.25, 0.3) is 0 Å². The summed E-state index contributed by atoms with van der Waals surface area (Å²) in [5, 5.41) is 10.7. The number of hydrogen-bond acceptors (Lipinski definition) is 7. The van der Waals surface area contributed by atoms with Gasteiger partial charge in [-0.3, -0.25) is 4.79 Å². The SMILES string of the molecule is C[C@@H]1C[C@@]2(O[C@H]2C)C(=O)O[C@@H]2CC[NH+](C)C/C=C(/COC(=O)[C@]1(C)O)C2=O. The summed E-state index contributed by atoms with van der Waals surface area (Å²) in [6.45, 7) is 5.76. The lowest BCUT2D eigenvalue weighted by atomic mass is 9.82. The van der Waals surface area contributed by atoms with Gasteiger partial charge in [-0.05, 0) is 32.3 Å². The van der Waals surface area contributed by atoms with Crippen molar-refractivity contribution in [2.45, 2.75) is 57.0 Å². The molecule has 0 radical (unpaired) electrons. The summed E-state index contributed by atoms with van der Waals surface area (Å²) >= 11 is 0. The van der Waals surface area contributed by atoms with Crippen molar-refractivity contribution >= 4 is 17.7 Å². The lowest BCUT2D eigenvalue weighted by Crippen LogP contribution is -3.09. The summed E-state index contributed by atoms with van der Waals surface area (Å²) in [5.41, 5.74) is -2.78. The molecule has 0 amide bonds. The van der Waals surface area contributed by atoms with E-state index in [0.717, 1.165) is 4.90 Å². The van der Waals surface area contributed by atoms with Gasteiger partial charge in [-0.15, -0.1) is 0 Å². The zero-order valence-electron chi connectivity index (χ0n) is 16.2. The van der Waals surface area contributed by atoms with Crippen LogP contribution in [0.5, 0.6) is 0 Å². The quantitative estimate of drug-likeness (QED) is 0.400. The number of epoxide rings is 1. The average Bonchev–Trinajstić information content (AvgIpc) is 3.26. The first-order chi connectivity index (χ1) is 12.6. The van der Waals surface area contributed by atoms with Crippen molar-refractivity contribution in [2.24, 2.45) is 5.92 Å². The number of fused-ring (bicyclic) bond motifs is 2. The van der Waals surface area contributed by atoms with E-state index in [4.69, 9.17) is 14.2 Å². The number of ether oxygens (including phenoxy) is 3. The van der Waals surface area contributed by atoms with Crippen LogP contribution in [0.3, 0.4) is 0 Å². The molecule has 8 heteroatoms. The number of cyclic esters (lactones) is 1. The first-order valence-corrected chi connectivity index (χ1v) is 9.41. The van der Waals surface area contributed by atoms with Gasteiger partial charge in [-0.25, -0.2) is 9.59 Å². The smallest absolute Gasteiger partial charge is 0.341 e. The van der Waals surface area contributed by atoms with Crippen LogP contribution in [-0.4, -0.2) is 73.0 Å². The van der Waals surface area contributed by atoms with Gasteiger partial charge in [-0.1, -0.05) is 6.92 Å². The van der Waals surface area contributed by atoms with Crippen LogP contribution in [0.1, 0.15) is 33.6 Å². The monoisotopic (exact) mass is 382 g/mol. The number of hydrogen-bond donors (Lipinski definition) is 2. The van der Waals surface area contributed by atoms with Gasteiger partial charge in [0.05, 0.1) is 26.2 Å². The van der Waals surface area contributed by atoms with Crippen LogP contribution in [0.2, 0.25) is 0 Å². The van der Waals surface area contributed by atoms with Crippen LogP contribution < -0.4 is 4.90 Å². The van der Waals surface area contributed by atoms with E-state index in [0.29, 0.717) is 19.5 Å². The molecule has 2 saturated heterocycles. The third kappa shape index (κ3) is 3.66. The highest BCUT2D eigenvalue weighted by molar-refractivity contribution is 6.01. The highest BCUT2D eigenvalue weighted by Gasteiger charge is 2.64. The Morgan fingerprint density at radius 2 is 1.89 bits per heavy atom. The third-order valence-electron chi connectivity index (χ3n) is 6.06. The lowest BCUT2D eigenvalue weighted by molar-refractivity contribution is -0.874. The van der Waals surface area contributed by atoms with Crippen molar-refractivity contribution in [1.82, 2.24) is 0 Å². The molecule has 3 heterocycles. The topological polar surface area (TPSA) is 107 Å². The summed E-state index contributed by atoms with van der Waals surface area (Å²) in [4.78, 5) is 39.3. The van der Waals surface area contributed by atoms with Gasteiger partial charge < -0.3 is 24.2 Å². The Balaban J connectivity index is 1.97. The van der Waals surface area contributed by atoms with Crippen LogP contribution in [0.4, 0.5) is 0 Å².